The van der Waals surface area contributed by atoms with Crippen molar-refractivity contribution >= 4 is 11.5 Å². The van der Waals surface area contributed by atoms with Gasteiger partial charge < -0.3 is 9.51 Å². The highest BCUT2D eigenvalue weighted by molar-refractivity contribution is 5.73. The maximum Gasteiger partial charge on any atom is 0.309 e. The lowest BCUT2D eigenvalue weighted by atomic mass is 10.2. The molecule has 0 bridgehead atoms. The summed E-state index contributed by atoms with van der Waals surface area (Å²) >= 11 is 0. The molecular formula is C13H16N2O2. The van der Waals surface area contributed by atoms with Gasteiger partial charge >= 0.3 is 5.97 Å². The molecule has 2 aromatic rings. The molecule has 0 fully saturated rings. The minimum atomic E-state index is -0.846. The Morgan fingerprint density at radius 1 is 1.53 bits per heavy atom. The minimum Gasteiger partial charge on any atom is -0.481 e. The number of hydrogen-bond acceptors (Lipinski definition) is 2. The van der Waals surface area contributed by atoms with E-state index in [-0.39, 0.29) is 12.3 Å². The summed E-state index contributed by atoms with van der Waals surface area (Å²) in [4.78, 5) is 15.3. The first kappa shape index (κ1) is 11.6. The normalized spacial score (nSPS) is 11.3. The lowest BCUT2D eigenvalue weighted by Gasteiger charge is -2.04. The van der Waals surface area contributed by atoms with Gasteiger partial charge in [0.25, 0.3) is 0 Å². The van der Waals surface area contributed by atoms with Crippen molar-refractivity contribution in [3.8, 4) is 0 Å². The van der Waals surface area contributed by atoms with Crippen molar-refractivity contribution in [1.29, 1.82) is 0 Å². The third kappa shape index (κ3) is 2.16. The van der Waals surface area contributed by atoms with Crippen molar-refractivity contribution in [2.75, 3.05) is 0 Å². The molecule has 0 unspecified atom stereocenters. The number of aliphatic carboxylic acids is 1. The van der Waals surface area contributed by atoms with Crippen LogP contribution in [-0.4, -0.2) is 20.5 Å². The van der Waals surface area contributed by atoms with E-state index in [1.807, 2.05) is 29.7 Å². The Labute approximate surface area is 99.9 Å². The molecule has 0 aliphatic carbocycles. The monoisotopic (exact) mass is 232 g/mol. The zero-order valence-corrected chi connectivity index (χ0v) is 10.3. The van der Waals surface area contributed by atoms with Crippen LogP contribution >= 0.6 is 0 Å². The Bertz CT molecular complexity index is 570. The lowest BCUT2D eigenvalue weighted by molar-refractivity contribution is -0.136. The molecule has 0 aromatic carbocycles. The molecule has 2 rings (SSSR count). The molecule has 0 aliphatic heterocycles. The molecule has 0 aliphatic rings. The molecule has 4 nitrogen and oxygen atoms in total. The predicted octanol–water partition coefficient (Wildman–Crippen LogP) is 2.39. The van der Waals surface area contributed by atoms with E-state index in [1.165, 1.54) is 0 Å². The van der Waals surface area contributed by atoms with Gasteiger partial charge in [-0.1, -0.05) is 13.8 Å². The second kappa shape index (κ2) is 4.20. The van der Waals surface area contributed by atoms with Gasteiger partial charge in [-0.2, -0.15) is 0 Å². The van der Waals surface area contributed by atoms with Gasteiger partial charge in [-0.3, -0.25) is 4.79 Å². The number of carboxylic acids is 1. The first-order chi connectivity index (χ1) is 7.99. The predicted molar refractivity (Wildman–Crippen MR) is 65.4 cm³/mol. The van der Waals surface area contributed by atoms with Crippen molar-refractivity contribution in [2.45, 2.75) is 33.1 Å². The Balaban J connectivity index is 2.66. The summed E-state index contributed by atoms with van der Waals surface area (Å²) in [5.41, 5.74) is 2.65. The average molecular weight is 232 g/mol. The molecule has 1 N–H and O–H groups in total. The molecule has 17 heavy (non-hydrogen) atoms. The summed E-state index contributed by atoms with van der Waals surface area (Å²) in [6.45, 7) is 6.10. The highest BCUT2D eigenvalue weighted by Gasteiger charge is 2.15. The van der Waals surface area contributed by atoms with E-state index < -0.39 is 5.97 Å². The first-order valence-electron chi connectivity index (χ1n) is 5.68. The van der Waals surface area contributed by atoms with Crippen molar-refractivity contribution in [3.63, 3.8) is 0 Å². The summed E-state index contributed by atoms with van der Waals surface area (Å²) in [5.74, 6) is 0.339. The van der Waals surface area contributed by atoms with Gasteiger partial charge in [0, 0.05) is 12.1 Å². The molecular weight excluding hydrogens is 216 g/mol. The standard InChI is InChI=1S/C13H16N2O2/c1-8(2)13-14-10(7-12(16)17)11-6-9(3)4-5-15(11)13/h4-6,8H,7H2,1-3H3,(H,16,17). The highest BCUT2D eigenvalue weighted by Crippen LogP contribution is 2.20. The van der Waals surface area contributed by atoms with Crippen LogP contribution in [0.3, 0.4) is 0 Å². The number of aryl methyl sites for hydroxylation is 1. The van der Waals surface area contributed by atoms with E-state index in [0.717, 1.165) is 16.9 Å². The van der Waals surface area contributed by atoms with Crippen molar-refractivity contribution < 1.29 is 9.90 Å². The number of fused-ring (bicyclic) bond motifs is 1. The Hall–Kier alpha value is -1.84. The molecule has 2 heterocycles. The van der Waals surface area contributed by atoms with Gasteiger partial charge in [0.15, 0.2) is 0 Å². The average Bonchev–Trinajstić information content (AvgIpc) is 2.56. The molecule has 4 heteroatoms. The van der Waals surface area contributed by atoms with E-state index in [2.05, 4.69) is 18.8 Å². The van der Waals surface area contributed by atoms with Gasteiger partial charge in [-0.15, -0.1) is 0 Å². The number of carboxylic acid groups (broad SMARTS) is 1. The number of rotatable bonds is 3. The van der Waals surface area contributed by atoms with Crippen LogP contribution in [-0.2, 0) is 11.2 Å². The molecule has 2 aromatic heterocycles. The molecule has 0 saturated heterocycles. The van der Waals surface area contributed by atoms with Crippen LogP contribution in [0.4, 0.5) is 0 Å². The van der Waals surface area contributed by atoms with Crippen LogP contribution in [0.2, 0.25) is 0 Å². The van der Waals surface area contributed by atoms with E-state index in [4.69, 9.17) is 5.11 Å². The van der Waals surface area contributed by atoms with Crippen molar-refractivity contribution in [2.24, 2.45) is 0 Å². The largest absolute Gasteiger partial charge is 0.481 e. The van der Waals surface area contributed by atoms with Gasteiger partial charge in [-0.25, -0.2) is 4.98 Å². The lowest BCUT2D eigenvalue weighted by Crippen LogP contribution is -2.01. The smallest absolute Gasteiger partial charge is 0.309 e. The third-order valence-corrected chi connectivity index (χ3v) is 2.74. The molecule has 0 amide bonds. The zero-order chi connectivity index (χ0) is 12.6. The van der Waals surface area contributed by atoms with Crippen LogP contribution < -0.4 is 0 Å². The van der Waals surface area contributed by atoms with E-state index in [1.54, 1.807) is 0 Å². The Kier molecular flexibility index (Phi) is 2.88. The maximum atomic E-state index is 10.8. The molecule has 0 spiro atoms. The SMILES string of the molecule is Cc1ccn2c(C(C)C)nc(CC(=O)O)c2c1. The fraction of sp³-hybridized carbons (Fsp3) is 0.385. The second-order valence-corrected chi connectivity index (χ2v) is 4.60. The number of nitrogens with zero attached hydrogens (tertiary/aromatic N) is 2. The molecule has 0 radical (unpaired) electrons. The number of carbonyl (C=O) groups is 1. The fourth-order valence-electron chi connectivity index (χ4n) is 1.96. The van der Waals surface area contributed by atoms with E-state index in [9.17, 15) is 4.79 Å². The minimum absolute atomic E-state index is 0.0281. The second-order valence-electron chi connectivity index (χ2n) is 4.60. The third-order valence-electron chi connectivity index (χ3n) is 2.74. The summed E-state index contributed by atoms with van der Waals surface area (Å²) < 4.78 is 1.98. The Morgan fingerprint density at radius 2 is 2.24 bits per heavy atom. The van der Waals surface area contributed by atoms with Crippen LogP contribution in [0.5, 0.6) is 0 Å². The van der Waals surface area contributed by atoms with Crippen LogP contribution in [0.15, 0.2) is 18.3 Å². The quantitative estimate of drug-likeness (QED) is 0.884. The van der Waals surface area contributed by atoms with Gasteiger partial charge in [0.2, 0.25) is 0 Å². The summed E-state index contributed by atoms with van der Waals surface area (Å²) in [5, 5.41) is 8.89. The van der Waals surface area contributed by atoms with Gasteiger partial charge in [0.1, 0.15) is 5.82 Å². The first-order valence-corrected chi connectivity index (χ1v) is 5.68. The number of pyridine rings is 1. The van der Waals surface area contributed by atoms with Crippen LogP contribution in [0.25, 0.3) is 5.52 Å². The number of imidazole rings is 1. The number of hydrogen-bond donors (Lipinski definition) is 1. The number of aromatic nitrogens is 2. The zero-order valence-electron chi connectivity index (χ0n) is 10.3. The molecule has 0 saturated carbocycles. The van der Waals surface area contributed by atoms with E-state index >= 15 is 0 Å². The highest BCUT2D eigenvalue weighted by atomic mass is 16.4. The van der Waals surface area contributed by atoms with Crippen molar-refractivity contribution in [3.05, 3.63) is 35.4 Å². The van der Waals surface area contributed by atoms with Crippen molar-refractivity contribution in [1.82, 2.24) is 9.38 Å². The Morgan fingerprint density at radius 3 is 2.82 bits per heavy atom. The topological polar surface area (TPSA) is 54.6 Å². The van der Waals surface area contributed by atoms with E-state index in [0.29, 0.717) is 5.69 Å². The molecule has 90 valence electrons. The molecule has 0 atom stereocenters. The summed E-state index contributed by atoms with van der Waals surface area (Å²) in [6, 6.07) is 3.99. The maximum absolute atomic E-state index is 10.8. The fourth-order valence-corrected chi connectivity index (χ4v) is 1.96. The van der Waals surface area contributed by atoms with Gasteiger partial charge in [0.05, 0.1) is 17.6 Å². The van der Waals surface area contributed by atoms with Gasteiger partial charge in [-0.05, 0) is 24.6 Å². The summed E-state index contributed by atoms with van der Waals surface area (Å²) in [6.07, 6.45) is 1.93. The van der Waals surface area contributed by atoms with Crippen LogP contribution in [0.1, 0.15) is 36.8 Å². The van der Waals surface area contributed by atoms with Crippen LogP contribution in [0, 0.1) is 6.92 Å². The summed E-state index contributed by atoms with van der Waals surface area (Å²) in [7, 11) is 0.